The molecule has 0 aliphatic heterocycles. The Kier molecular flexibility index (Phi) is 4.27. The molecule has 2 aromatic rings. The zero-order valence-electron chi connectivity index (χ0n) is 10.4. The summed E-state index contributed by atoms with van der Waals surface area (Å²) >= 11 is 5.78. The fourth-order valence-corrected chi connectivity index (χ4v) is 1.81. The van der Waals surface area contributed by atoms with Crippen molar-refractivity contribution in [2.45, 2.75) is 5.88 Å². The van der Waals surface area contributed by atoms with Crippen molar-refractivity contribution in [3.8, 4) is 23.3 Å². The summed E-state index contributed by atoms with van der Waals surface area (Å²) < 4.78 is 11.0. The van der Waals surface area contributed by atoms with Crippen LogP contribution in [-0.4, -0.2) is 7.11 Å². The third kappa shape index (κ3) is 3.18. The number of hydrogen-bond acceptors (Lipinski definition) is 3. The lowest BCUT2D eigenvalue weighted by atomic mass is 10.2. The van der Waals surface area contributed by atoms with E-state index in [0.29, 0.717) is 28.7 Å². The van der Waals surface area contributed by atoms with E-state index in [9.17, 15) is 0 Å². The van der Waals surface area contributed by atoms with Crippen molar-refractivity contribution in [1.82, 2.24) is 0 Å². The summed E-state index contributed by atoms with van der Waals surface area (Å²) in [7, 11) is 1.54. The van der Waals surface area contributed by atoms with Crippen LogP contribution in [0.15, 0.2) is 42.5 Å². The van der Waals surface area contributed by atoms with Crippen molar-refractivity contribution in [3.63, 3.8) is 0 Å². The normalized spacial score (nSPS) is 9.74. The quantitative estimate of drug-likeness (QED) is 0.788. The summed E-state index contributed by atoms with van der Waals surface area (Å²) in [5.41, 5.74) is 1.51. The molecule has 0 unspecified atom stereocenters. The first-order chi connectivity index (χ1) is 9.26. The van der Waals surface area contributed by atoms with Crippen LogP contribution >= 0.6 is 11.6 Å². The zero-order valence-corrected chi connectivity index (χ0v) is 11.1. The van der Waals surface area contributed by atoms with Crippen LogP contribution in [0.1, 0.15) is 11.1 Å². The Bertz CT molecular complexity index is 620. The van der Waals surface area contributed by atoms with Crippen molar-refractivity contribution in [2.24, 2.45) is 0 Å². The van der Waals surface area contributed by atoms with Gasteiger partial charge in [0.05, 0.1) is 18.7 Å². The average Bonchev–Trinajstić information content (AvgIpc) is 2.48. The minimum Gasteiger partial charge on any atom is -0.493 e. The second kappa shape index (κ2) is 6.12. The summed E-state index contributed by atoms with van der Waals surface area (Å²) in [6.07, 6.45) is 0. The number of benzene rings is 2. The highest BCUT2D eigenvalue weighted by Crippen LogP contribution is 2.32. The van der Waals surface area contributed by atoms with Crippen LogP contribution in [0, 0.1) is 11.3 Å². The van der Waals surface area contributed by atoms with E-state index in [1.165, 1.54) is 0 Å². The molecule has 0 aliphatic rings. The average molecular weight is 274 g/mol. The van der Waals surface area contributed by atoms with Gasteiger partial charge in [-0.1, -0.05) is 12.1 Å². The van der Waals surface area contributed by atoms with E-state index in [4.69, 9.17) is 26.3 Å². The standard InChI is InChI=1S/C15H12ClNO2/c1-18-15-8-12(10-17)5-6-14(15)19-13-4-2-3-11(7-13)9-16/h2-8H,9H2,1H3. The minimum atomic E-state index is 0.432. The van der Waals surface area contributed by atoms with Gasteiger partial charge in [0.15, 0.2) is 11.5 Å². The van der Waals surface area contributed by atoms with E-state index in [-0.39, 0.29) is 0 Å². The van der Waals surface area contributed by atoms with E-state index in [0.717, 1.165) is 5.56 Å². The van der Waals surface area contributed by atoms with Gasteiger partial charge in [-0.15, -0.1) is 11.6 Å². The molecular weight excluding hydrogens is 262 g/mol. The van der Waals surface area contributed by atoms with Crippen LogP contribution in [0.3, 0.4) is 0 Å². The molecule has 0 bridgehead atoms. The number of alkyl halides is 1. The number of nitrogens with zero attached hydrogens (tertiary/aromatic N) is 1. The van der Waals surface area contributed by atoms with Gasteiger partial charge >= 0.3 is 0 Å². The molecule has 3 nitrogen and oxygen atoms in total. The van der Waals surface area contributed by atoms with Gasteiger partial charge in [-0.05, 0) is 29.8 Å². The van der Waals surface area contributed by atoms with Crippen LogP contribution in [-0.2, 0) is 5.88 Å². The predicted molar refractivity (Wildman–Crippen MR) is 73.8 cm³/mol. The monoisotopic (exact) mass is 273 g/mol. The topological polar surface area (TPSA) is 42.2 Å². The highest BCUT2D eigenvalue weighted by molar-refractivity contribution is 6.17. The van der Waals surface area contributed by atoms with Crippen LogP contribution in [0.2, 0.25) is 0 Å². The van der Waals surface area contributed by atoms with Crippen LogP contribution in [0.5, 0.6) is 17.2 Å². The molecule has 0 spiro atoms. The Balaban J connectivity index is 2.30. The zero-order chi connectivity index (χ0) is 13.7. The summed E-state index contributed by atoms with van der Waals surface area (Å²) in [6.45, 7) is 0. The molecule has 0 amide bonds. The molecule has 96 valence electrons. The van der Waals surface area contributed by atoms with Gasteiger partial charge in [-0.3, -0.25) is 0 Å². The summed E-state index contributed by atoms with van der Waals surface area (Å²) in [6, 6.07) is 14.6. The molecule has 19 heavy (non-hydrogen) atoms. The van der Waals surface area contributed by atoms with Gasteiger partial charge in [0.1, 0.15) is 5.75 Å². The molecule has 2 rings (SSSR count). The molecule has 0 aliphatic carbocycles. The first-order valence-electron chi connectivity index (χ1n) is 5.67. The molecule has 0 atom stereocenters. The molecule has 0 saturated carbocycles. The third-order valence-corrected chi connectivity index (χ3v) is 2.88. The van der Waals surface area contributed by atoms with Crippen molar-refractivity contribution in [2.75, 3.05) is 7.11 Å². The summed E-state index contributed by atoms with van der Waals surface area (Å²) in [5, 5.41) is 8.85. The Labute approximate surface area is 117 Å². The van der Waals surface area contributed by atoms with Gasteiger partial charge in [0, 0.05) is 11.9 Å². The van der Waals surface area contributed by atoms with E-state index < -0.39 is 0 Å². The molecule has 0 radical (unpaired) electrons. The number of nitriles is 1. The number of halogens is 1. The van der Waals surface area contributed by atoms with E-state index in [1.54, 1.807) is 25.3 Å². The first kappa shape index (κ1) is 13.3. The molecular formula is C15H12ClNO2. The van der Waals surface area contributed by atoms with E-state index in [2.05, 4.69) is 6.07 Å². The van der Waals surface area contributed by atoms with Gasteiger partial charge < -0.3 is 9.47 Å². The maximum atomic E-state index is 8.85. The summed E-state index contributed by atoms with van der Waals surface area (Å²) in [4.78, 5) is 0. The van der Waals surface area contributed by atoms with Crippen LogP contribution in [0.25, 0.3) is 0 Å². The fourth-order valence-electron chi connectivity index (χ4n) is 1.64. The van der Waals surface area contributed by atoms with E-state index >= 15 is 0 Å². The maximum Gasteiger partial charge on any atom is 0.169 e. The van der Waals surface area contributed by atoms with Crippen LogP contribution in [0.4, 0.5) is 0 Å². The molecule has 0 N–H and O–H groups in total. The smallest absolute Gasteiger partial charge is 0.169 e. The molecule has 2 aromatic carbocycles. The highest BCUT2D eigenvalue weighted by Gasteiger charge is 2.07. The molecule has 0 fully saturated rings. The Morgan fingerprint density at radius 3 is 2.68 bits per heavy atom. The number of ether oxygens (including phenoxy) is 2. The maximum absolute atomic E-state index is 8.85. The molecule has 0 aromatic heterocycles. The lowest BCUT2D eigenvalue weighted by Gasteiger charge is -2.11. The van der Waals surface area contributed by atoms with Gasteiger partial charge in [0.25, 0.3) is 0 Å². The van der Waals surface area contributed by atoms with Crippen LogP contribution < -0.4 is 9.47 Å². The Morgan fingerprint density at radius 2 is 2.00 bits per heavy atom. The van der Waals surface area contributed by atoms with Gasteiger partial charge in [-0.2, -0.15) is 5.26 Å². The Hall–Kier alpha value is -2.18. The largest absolute Gasteiger partial charge is 0.493 e. The van der Waals surface area contributed by atoms with Crippen molar-refractivity contribution >= 4 is 11.6 Å². The number of hydrogen-bond donors (Lipinski definition) is 0. The van der Waals surface area contributed by atoms with Gasteiger partial charge in [0.2, 0.25) is 0 Å². The number of rotatable bonds is 4. The molecule has 0 saturated heterocycles. The Morgan fingerprint density at radius 1 is 1.16 bits per heavy atom. The second-order valence-electron chi connectivity index (χ2n) is 3.86. The lowest BCUT2D eigenvalue weighted by molar-refractivity contribution is 0.378. The summed E-state index contributed by atoms with van der Waals surface area (Å²) in [5.74, 6) is 2.20. The number of methoxy groups -OCH3 is 1. The van der Waals surface area contributed by atoms with Gasteiger partial charge in [-0.25, -0.2) is 0 Å². The molecule has 4 heteroatoms. The third-order valence-electron chi connectivity index (χ3n) is 2.57. The van der Waals surface area contributed by atoms with Crippen molar-refractivity contribution in [1.29, 1.82) is 5.26 Å². The second-order valence-corrected chi connectivity index (χ2v) is 4.13. The molecule has 0 heterocycles. The minimum absolute atomic E-state index is 0.432. The SMILES string of the molecule is COc1cc(C#N)ccc1Oc1cccc(CCl)c1. The first-order valence-corrected chi connectivity index (χ1v) is 6.21. The van der Waals surface area contributed by atoms with Crippen molar-refractivity contribution < 1.29 is 9.47 Å². The lowest BCUT2D eigenvalue weighted by Crippen LogP contribution is -1.91. The van der Waals surface area contributed by atoms with E-state index in [1.807, 2.05) is 24.3 Å². The fraction of sp³-hybridized carbons (Fsp3) is 0.133. The van der Waals surface area contributed by atoms with Crippen molar-refractivity contribution in [3.05, 3.63) is 53.6 Å². The predicted octanol–water partition coefficient (Wildman–Crippen LogP) is 4.10. The highest BCUT2D eigenvalue weighted by atomic mass is 35.5.